The van der Waals surface area contributed by atoms with Crippen LogP contribution in [-0.2, 0) is 17.6 Å². The van der Waals surface area contributed by atoms with Gasteiger partial charge in [0.2, 0.25) is 0 Å². The molecule has 0 spiro atoms. The van der Waals surface area contributed by atoms with Crippen LogP contribution in [0.1, 0.15) is 57.3 Å². The highest BCUT2D eigenvalue weighted by atomic mass is 32.1. The molecule has 3 rings (SSSR count). The summed E-state index contributed by atoms with van der Waals surface area (Å²) in [7, 11) is 0. The van der Waals surface area contributed by atoms with Crippen LogP contribution in [0.25, 0.3) is 0 Å². The monoisotopic (exact) mass is 343 g/mol. The van der Waals surface area contributed by atoms with Crippen molar-refractivity contribution in [2.75, 3.05) is 11.9 Å². The minimum Gasteiger partial charge on any atom is -0.462 e. The Labute approximate surface area is 145 Å². The molecule has 1 N–H and O–H groups in total. The summed E-state index contributed by atoms with van der Waals surface area (Å²) < 4.78 is 5.24. The Balaban J connectivity index is 1.94. The van der Waals surface area contributed by atoms with Crippen molar-refractivity contribution in [3.05, 3.63) is 51.9 Å². The molecule has 0 fully saturated rings. The maximum Gasteiger partial charge on any atom is 0.341 e. The molecule has 0 unspecified atom stereocenters. The molecule has 0 radical (unpaired) electrons. The molecule has 5 heteroatoms. The van der Waals surface area contributed by atoms with Gasteiger partial charge in [0.25, 0.3) is 5.91 Å². The Kier molecular flexibility index (Phi) is 5.30. The highest BCUT2D eigenvalue weighted by molar-refractivity contribution is 7.17. The van der Waals surface area contributed by atoms with Crippen LogP contribution in [0.4, 0.5) is 5.00 Å². The molecule has 1 amide bonds. The molecule has 2 aromatic rings. The Bertz CT molecular complexity index is 737. The number of nitrogens with one attached hydrogen (secondary N) is 1. The highest BCUT2D eigenvalue weighted by Gasteiger charge is 2.26. The number of anilines is 1. The first-order chi connectivity index (χ1) is 11.7. The van der Waals surface area contributed by atoms with Gasteiger partial charge in [-0.15, -0.1) is 11.3 Å². The van der Waals surface area contributed by atoms with E-state index in [1.54, 1.807) is 19.1 Å². The zero-order valence-corrected chi connectivity index (χ0v) is 14.6. The van der Waals surface area contributed by atoms with Crippen LogP contribution in [0.2, 0.25) is 0 Å². The molecule has 0 saturated heterocycles. The average molecular weight is 343 g/mol. The molecule has 1 aliphatic carbocycles. The van der Waals surface area contributed by atoms with E-state index in [-0.39, 0.29) is 11.9 Å². The average Bonchev–Trinajstić information content (AvgIpc) is 2.76. The van der Waals surface area contributed by atoms with E-state index in [1.165, 1.54) is 22.6 Å². The smallest absolute Gasteiger partial charge is 0.341 e. The normalized spacial score (nSPS) is 13.7. The summed E-state index contributed by atoms with van der Waals surface area (Å²) in [6.45, 7) is 2.13. The fourth-order valence-corrected chi connectivity index (χ4v) is 4.29. The van der Waals surface area contributed by atoms with Crippen molar-refractivity contribution in [1.29, 1.82) is 0 Å². The predicted molar refractivity (Wildman–Crippen MR) is 95.9 cm³/mol. The fraction of sp³-hybridized carbons (Fsp3) is 0.368. The fourth-order valence-electron chi connectivity index (χ4n) is 3.01. The van der Waals surface area contributed by atoms with Crippen molar-refractivity contribution < 1.29 is 14.3 Å². The van der Waals surface area contributed by atoms with Gasteiger partial charge in [0, 0.05) is 10.4 Å². The summed E-state index contributed by atoms with van der Waals surface area (Å²) in [5.41, 5.74) is 2.21. The number of hydrogen-bond donors (Lipinski definition) is 1. The summed E-state index contributed by atoms with van der Waals surface area (Å²) in [5.74, 6) is -0.530. The third-order valence-electron chi connectivity index (χ3n) is 4.16. The maximum atomic E-state index is 12.5. The van der Waals surface area contributed by atoms with Gasteiger partial charge in [0.1, 0.15) is 5.00 Å². The van der Waals surface area contributed by atoms with Crippen LogP contribution in [0.3, 0.4) is 0 Å². The quantitative estimate of drug-likeness (QED) is 0.659. The van der Waals surface area contributed by atoms with Gasteiger partial charge >= 0.3 is 5.97 Å². The topological polar surface area (TPSA) is 55.4 Å². The lowest BCUT2D eigenvalue weighted by atomic mass is 10.1. The van der Waals surface area contributed by atoms with Gasteiger partial charge in [-0.1, -0.05) is 24.6 Å². The zero-order valence-electron chi connectivity index (χ0n) is 13.8. The lowest BCUT2D eigenvalue weighted by molar-refractivity contribution is 0.0527. The van der Waals surface area contributed by atoms with E-state index in [9.17, 15) is 9.59 Å². The maximum absolute atomic E-state index is 12.5. The first-order valence-electron chi connectivity index (χ1n) is 8.38. The summed E-state index contributed by atoms with van der Waals surface area (Å²) in [6, 6.07) is 9.04. The number of ether oxygens (including phenoxy) is 1. The molecule has 1 aromatic heterocycles. The first-order valence-corrected chi connectivity index (χ1v) is 9.20. The number of amides is 1. The number of fused-ring (bicyclic) bond motifs is 1. The molecule has 0 aliphatic heterocycles. The first kappa shape index (κ1) is 16.7. The van der Waals surface area contributed by atoms with Gasteiger partial charge in [0.05, 0.1) is 12.2 Å². The van der Waals surface area contributed by atoms with Crippen molar-refractivity contribution in [3.63, 3.8) is 0 Å². The van der Waals surface area contributed by atoms with Gasteiger partial charge in [0.15, 0.2) is 0 Å². The number of carbonyl (C=O) groups excluding carboxylic acids is 2. The van der Waals surface area contributed by atoms with E-state index in [4.69, 9.17) is 4.74 Å². The third kappa shape index (κ3) is 3.51. The van der Waals surface area contributed by atoms with Crippen LogP contribution in [0.15, 0.2) is 30.3 Å². The minimum atomic E-state index is -0.333. The van der Waals surface area contributed by atoms with E-state index >= 15 is 0 Å². The van der Waals surface area contributed by atoms with Crippen molar-refractivity contribution in [2.45, 2.75) is 39.0 Å². The molecule has 0 saturated carbocycles. The van der Waals surface area contributed by atoms with Gasteiger partial charge < -0.3 is 10.1 Å². The molecule has 4 nitrogen and oxygen atoms in total. The second kappa shape index (κ2) is 7.62. The molecule has 1 aromatic carbocycles. The second-order valence-corrected chi connectivity index (χ2v) is 6.91. The van der Waals surface area contributed by atoms with Crippen molar-refractivity contribution in [1.82, 2.24) is 0 Å². The molecule has 1 aliphatic rings. The van der Waals surface area contributed by atoms with Gasteiger partial charge in [-0.25, -0.2) is 4.79 Å². The summed E-state index contributed by atoms with van der Waals surface area (Å²) >= 11 is 1.52. The molecule has 0 bridgehead atoms. The van der Waals surface area contributed by atoms with Gasteiger partial charge in [-0.3, -0.25) is 4.79 Å². The second-order valence-electron chi connectivity index (χ2n) is 5.81. The van der Waals surface area contributed by atoms with Crippen molar-refractivity contribution in [2.24, 2.45) is 0 Å². The van der Waals surface area contributed by atoms with Crippen molar-refractivity contribution >= 4 is 28.2 Å². The third-order valence-corrected chi connectivity index (χ3v) is 5.37. The molecular weight excluding hydrogens is 322 g/mol. The number of aryl methyl sites for hydroxylation is 1. The van der Waals surface area contributed by atoms with Crippen LogP contribution in [0.5, 0.6) is 0 Å². The molecule has 1 heterocycles. The molecule has 24 heavy (non-hydrogen) atoms. The Hall–Kier alpha value is -2.14. The summed E-state index contributed by atoms with van der Waals surface area (Å²) in [5, 5.41) is 3.54. The highest BCUT2D eigenvalue weighted by Crippen LogP contribution is 2.38. The number of hydrogen-bond acceptors (Lipinski definition) is 4. The Morgan fingerprint density at radius 1 is 1.12 bits per heavy atom. The van der Waals surface area contributed by atoms with Crippen LogP contribution >= 0.6 is 11.3 Å². The van der Waals surface area contributed by atoms with Crippen molar-refractivity contribution in [3.8, 4) is 0 Å². The molecular formula is C19H21NO3S. The predicted octanol–water partition coefficient (Wildman–Crippen LogP) is 4.45. The largest absolute Gasteiger partial charge is 0.462 e. The van der Waals surface area contributed by atoms with E-state index < -0.39 is 0 Å². The van der Waals surface area contributed by atoms with Gasteiger partial charge in [-0.05, 0) is 50.3 Å². The van der Waals surface area contributed by atoms with Crippen LogP contribution < -0.4 is 5.32 Å². The SMILES string of the molecule is CCOC(=O)c1c(NC(=O)c2ccccc2)sc2c1CCCCC2. The number of rotatable bonds is 4. The number of esters is 1. The number of carbonyl (C=O) groups is 2. The lowest BCUT2D eigenvalue weighted by Crippen LogP contribution is -2.15. The lowest BCUT2D eigenvalue weighted by Gasteiger charge is -2.08. The standard InChI is InChI=1S/C19H21NO3S/c1-2-23-19(22)16-14-11-7-4-8-12-15(14)24-18(16)20-17(21)13-9-5-3-6-10-13/h3,5-6,9-10H,2,4,7-8,11-12H2,1H3,(H,20,21). The minimum absolute atomic E-state index is 0.197. The zero-order chi connectivity index (χ0) is 16.9. The Morgan fingerprint density at radius 3 is 2.62 bits per heavy atom. The Morgan fingerprint density at radius 2 is 1.88 bits per heavy atom. The van der Waals surface area contributed by atoms with Crippen LogP contribution in [-0.4, -0.2) is 18.5 Å². The van der Waals surface area contributed by atoms with E-state index in [2.05, 4.69) is 5.32 Å². The molecule has 126 valence electrons. The van der Waals surface area contributed by atoms with Gasteiger partial charge in [-0.2, -0.15) is 0 Å². The molecule has 0 atom stereocenters. The number of thiophene rings is 1. The van der Waals surface area contributed by atoms with E-state index in [1.807, 2.05) is 18.2 Å². The number of benzene rings is 1. The van der Waals surface area contributed by atoms with E-state index in [0.717, 1.165) is 31.2 Å². The summed E-state index contributed by atoms with van der Waals surface area (Å²) in [6.07, 6.45) is 5.22. The van der Waals surface area contributed by atoms with Crippen LogP contribution in [0, 0.1) is 0 Å². The summed E-state index contributed by atoms with van der Waals surface area (Å²) in [4.78, 5) is 26.1. The van der Waals surface area contributed by atoms with E-state index in [0.29, 0.717) is 22.7 Å².